The molecule has 0 aliphatic heterocycles. The summed E-state index contributed by atoms with van der Waals surface area (Å²) in [5.41, 5.74) is -2.73. The number of alkyl halides is 2. The molecule has 0 aromatic rings. The van der Waals surface area contributed by atoms with Crippen LogP contribution < -0.4 is 0 Å². The van der Waals surface area contributed by atoms with Crippen molar-refractivity contribution in [3.63, 3.8) is 0 Å². The third-order valence-corrected chi connectivity index (χ3v) is 4.46. The third-order valence-electron chi connectivity index (χ3n) is 4.46. The smallest absolute Gasteiger partial charge is 0.328 e. The van der Waals surface area contributed by atoms with Crippen LogP contribution in [0.1, 0.15) is 41.0 Å². The number of aliphatic hydroxyl groups excluding tert-OH is 1. The second-order valence-corrected chi connectivity index (χ2v) is 6.86. The van der Waals surface area contributed by atoms with E-state index in [1.165, 1.54) is 26.0 Å². The van der Waals surface area contributed by atoms with Gasteiger partial charge in [0.2, 0.25) is 0 Å². The van der Waals surface area contributed by atoms with Gasteiger partial charge in [0.25, 0.3) is 5.92 Å². The third kappa shape index (κ3) is 3.87. The summed E-state index contributed by atoms with van der Waals surface area (Å²) in [5.74, 6) is -4.39. The molecule has 3 N–H and O–H groups in total. The Labute approximate surface area is 134 Å². The van der Waals surface area contributed by atoms with Crippen LogP contribution in [0.5, 0.6) is 0 Å². The Hall–Kier alpha value is -1.53. The minimum Gasteiger partial charge on any atom is -0.478 e. The lowest BCUT2D eigenvalue weighted by Gasteiger charge is -2.49. The molecule has 2 unspecified atom stereocenters. The van der Waals surface area contributed by atoms with E-state index in [0.717, 1.165) is 6.08 Å². The summed E-state index contributed by atoms with van der Waals surface area (Å²) in [6.07, 6.45) is 2.30. The molecule has 0 heterocycles. The van der Waals surface area contributed by atoms with E-state index in [2.05, 4.69) is 0 Å². The van der Waals surface area contributed by atoms with Crippen LogP contribution >= 0.6 is 0 Å². The normalized spacial score (nSPS) is 29.3. The zero-order valence-electron chi connectivity index (χ0n) is 14.0. The molecule has 0 fully saturated rings. The highest BCUT2D eigenvalue weighted by Crippen LogP contribution is 2.50. The molecule has 0 saturated heterocycles. The minimum absolute atomic E-state index is 0.00637. The van der Waals surface area contributed by atoms with Gasteiger partial charge in [0.05, 0.1) is 6.10 Å². The number of carboxylic acids is 1. The quantitative estimate of drug-likeness (QED) is 0.420. The number of carboxylic acid groups (broad SMARTS) is 1. The Morgan fingerprint density at radius 2 is 1.91 bits per heavy atom. The van der Waals surface area contributed by atoms with Gasteiger partial charge >= 0.3 is 5.97 Å². The van der Waals surface area contributed by atoms with Gasteiger partial charge in [-0.25, -0.2) is 13.6 Å². The number of carbonyl (C=O) groups is 1. The number of rotatable bonds is 4. The van der Waals surface area contributed by atoms with Crippen molar-refractivity contribution in [2.24, 2.45) is 5.41 Å². The fraction of sp³-hybridized carbons (Fsp3) is 0.588. The largest absolute Gasteiger partial charge is 0.478 e. The SMILES string of the molecule is CC(C=CC1(O)C(C)=C(C(C)(F)F)C(O)CC1(C)C)=CC(=O)O. The minimum atomic E-state index is -3.26. The fourth-order valence-electron chi connectivity index (χ4n) is 3.17. The first kappa shape index (κ1) is 19.5. The molecular formula is C17H24F2O4. The van der Waals surface area contributed by atoms with Crippen molar-refractivity contribution in [3.05, 3.63) is 34.9 Å². The van der Waals surface area contributed by atoms with E-state index in [1.807, 2.05) is 0 Å². The first-order valence-electron chi connectivity index (χ1n) is 7.33. The lowest BCUT2D eigenvalue weighted by atomic mass is 9.61. The standard InChI is InChI=1S/C17H24F2O4/c1-10(8-13(21)22)6-7-17(23)11(2)14(16(5,18)19)12(20)9-15(17,3)4/h6-8,12,20,23H,9H2,1-5H3,(H,21,22). The number of allylic oxidation sites excluding steroid dienone is 2. The summed E-state index contributed by atoms with van der Waals surface area (Å²) < 4.78 is 27.7. The zero-order chi connectivity index (χ0) is 18.2. The lowest BCUT2D eigenvalue weighted by Crippen LogP contribution is -2.52. The Balaban J connectivity index is 3.47. The summed E-state index contributed by atoms with van der Waals surface area (Å²) >= 11 is 0. The second kappa shape index (κ2) is 6.17. The molecule has 1 aliphatic rings. The summed E-state index contributed by atoms with van der Waals surface area (Å²) in [7, 11) is 0. The fourth-order valence-corrected chi connectivity index (χ4v) is 3.17. The number of hydrogen-bond acceptors (Lipinski definition) is 3. The maximum absolute atomic E-state index is 13.8. The van der Waals surface area contributed by atoms with E-state index in [9.17, 15) is 23.8 Å². The second-order valence-electron chi connectivity index (χ2n) is 6.86. The van der Waals surface area contributed by atoms with Gasteiger partial charge in [-0.2, -0.15) is 0 Å². The molecule has 6 heteroatoms. The van der Waals surface area contributed by atoms with Gasteiger partial charge in [-0.3, -0.25) is 0 Å². The van der Waals surface area contributed by atoms with Gasteiger partial charge in [0.15, 0.2) is 0 Å². The van der Waals surface area contributed by atoms with Crippen LogP contribution in [0.2, 0.25) is 0 Å². The summed E-state index contributed by atoms with van der Waals surface area (Å²) in [4.78, 5) is 10.6. The molecule has 0 spiro atoms. The van der Waals surface area contributed by atoms with Crippen molar-refractivity contribution in [1.29, 1.82) is 0 Å². The van der Waals surface area contributed by atoms with Crippen LogP contribution in [0.4, 0.5) is 8.78 Å². The number of aliphatic hydroxyl groups is 2. The van der Waals surface area contributed by atoms with Gasteiger partial charge in [0, 0.05) is 24.0 Å². The Morgan fingerprint density at radius 3 is 2.35 bits per heavy atom. The lowest BCUT2D eigenvalue weighted by molar-refractivity contribution is -0.131. The summed E-state index contributed by atoms with van der Waals surface area (Å²) in [6.45, 7) is 6.94. The van der Waals surface area contributed by atoms with Gasteiger partial charge < -0.3 is 15.3 Å². The first-order chi connectivity index (χ1) is 10.2. The highest BCUT2D eigenvalue weighted by molar-refractivity contribution is 5.81. The van der Waals surface area contributed by atoms with Gasteiger partial charge in [-0.1, -0.05) is 19.9 Å². The van der Waals surface area contributed by atoms with Crippen LogP contribution in [0.25, 0.3) is 0 Å². The molecular weight excluding hydrogens is 306 g/mol. The topological polar surface area (TPSA) is 77.8 Å². The molecule has 4 nitrogen and oxygen atoms in total. The number of hydrogen-bond donors (Lipinski definition) is 3. The van der Waals surface area contributed by atoms with Gasteiger partial charge in [-0.05, 0) is 37.5 Å². The van der Waals surface area contributed by atoms with E-state index in [0.29, 0.717) is 12.5 Å². The number of halogens is 2. The van der Waals surface area contributed by atoms with E-state index in [1.54, 1.807) is 13.8 Å². The molecule has 1 rings (SSSR count). The molecule has 1 aliphatic carbocycles. The predicted molar refractivity (Wildman–Crippen MR) is 83.2 cm³/mol. The van der Waals surface area contributed by atoms with Crippen LogP contribution in [0, 0.1) is 5.41 Å². The predicted octanol–water partition coefficient (Wildman–Crippen LogP) is 3.07. The molecule has 0 amide bonds. The van der Waals surface area contributed by atoms with Gasteiger partial charge in [-0.15, -0.1) is 0 Å². The number of aliphatic carboxylic acids is 1. The van der Waals surface area contributed by atoms with Crippen molar-refractivity contribution in [1.82, 2.24) is 0 Å². The average Bonchev–Trinajstić information content (AvgIpc) is 2.30. The van der Waals surface area contributed by atoms with Crippen molar-refractivity contribution in [2.75, 3.05) is 0 Å². The van der Waals surface area contributed by atoms with Crippen molar-refractivity contribution in [3.8, 4) is 0 Å². The van der Waals surface area contributed by atoms with Crippen LogP contribution in [-0.2, 0) is 4.79 Å². The van der Waals surface area contributed by atoms with E-state index in [4.69, 9.17) is 5.11 Å². The van der Waals surface area contributed by atoms with E-state index >= 15 is 0 Å². The van der Waals surface area contributed by atoms with Crippen molar-refractivity contribution < 1.29 is 28.9 Å². The molecule has 0 saturated carbocycles. The maximum Gasteiger partial charge on any atom is 0.328 e. The Morgan fingerprint density at radius 1 is 1.39 bits per heavy atom. The van der Waals surface area contributed by atoms with E-state index < -0.39 is 34.6 Å². The molecule has 0 aromatic carbocycles. The summed E-state index contributed by atoms with van der Waals surface area (Å²) in [5, 5.41) is 29.8. The van der Waals surface area contributed by atoms with E-state index in [-0.39, 0.29) is 12.0 Å². The molecule has 130 valence electrons. The molecule has 23 heavy (non-hydrogen) atoms. The maximum atomic E-state index is 13.8. The first-order valence-corrected chi connectivity index (χ1v) is 7.33. The van der Waals surface area contributed by atoms with Crippen LogP contribution in [0.15, 0.2) is 34.9 Å². The average molecular weight is 330 g/mol. The molecule has 0 radical (unpaired) electrons. The zero-order valence-corrected chi connectivity index (χ0v) is 14.0. The Kier molecular flexibility index (Phi) is 5.23. The van der Waals surface area contributed by atoms with Crippen molar-refractivity contribution >= 4 is 5.97 Å². The van der Waals surface area contributed by atoms with Crippen LogP contribution in [0.3, 0.4) is 0 Å². The monoisotopic (exact) mass is 330 g/mol. The van der Waals surface area contributed by atoms with Crippen molar-refractivity contribution in [2.45, 2.75) is 58.7 Å². The van der Waals surface area contributed by atoms with Crippen LogP contribution in [-0.4, -0.2) is 38.9 Å². The molecule has 2 atom stereocenters. The Bertz CT molecular complexity index is 582. The van der Waals surface area contributed by atoms with Gasteiger partial charge in [0.1, 0.15) is 5.60 Å². The highest BCUT2D eigenvalue weighted by atomic mass is 19.3. The highest BCUT2D eigenvalue weighted by Gasteiger charge is 2.53. The molecule has 0 bridgehead atoms. The molecule has 0 aromatic heterocycles. The summed E-state index contributed by atoms with van der Waals surface area (Å²) in [6, 6.07) is 0.